The van der Waals surface area contributed by atoms with Crippen molar-refractivity contribution in [3.05, 3.63) is 45.2 Å². The summed E-state index contributed by atoms with van der Waals surface area (Å²) in [7, 11) is 1.32. The van der Waals surface area contributed by atoms with E-state index in [4.69, 9.17) is 16.3 Å². The molecule has 1 fully saturated rings. The minimum Gasteiger partial charge on any atom is -0.468 e. The van der Waals surface area contributed by atoms with Crippen molar-refractivity contribution in [3.8, 4) is 0 Å². The van der Waals surface area contributed by atoms with E-state index < -0.39 is 5.97 Å². The Morgan fingerprint density at radius 2 is 1.96 bits per heavy atom. The Morgan fingerprint density at radius 3 is 2.67 bits per heavy atom. The molecule has 1 aliphatic heterocycles. The van der Waals surface area contributed by atoms with Crippen molar-refractivity contribution in [2.75, 3.05) is 20.2 Å². The molecule has 1 aliphatic rings. The summed E-state index contributed by atoms with van der Waals surface area (Å²) in [5.41, 5.74) is 1.21. The molecule has 0 atom stereocenters. The van der Waals surface area contributed by atoms with Gasteiger partial charge in [0.25, 0.3) is 5.56 Å². The van der Waals surface area contributed by atoms with Crippen LogP contribution in [0.25, 0.3) is 10.9 Å². The highest BCUT2D eigenvalue weighted by Gasteiger charge is 2.17. The summed E-state index contributed by atoms with van der Waals surface area (Å²) >= 11 is 6.07. The molecule has 1 aromatic carbocycles. The van der Waals surface area contributed by atoms with E-state index in [1.807, 2.05) is 12.1 Å². The van der Waals surface area contributed by atoms with Gasteiger partial charge in [-0.15, -0.1) is 0 Å². The first-order valence-electron chi connectivity index (χ1n) is 8.19. The number of nitrogens with zero attached hydrogens (tertiary/aromatic N) is 2. The number of esters is 1. The van der Waals surface area contributed by atoms with Crippen molar-refractivity contribution in [1.29, 1.82) is 0 Å². The summed E-state index contributed by atoms with van der Waals surface area (Å²) in [4.78, 5) is 26.9. The predicted molar refractivity (Wildman–Crippen MR) is 94.4 cm³/mol. The van der Waals surface area contributed by atoms with Crippen molar-refractivity contribution >= 4 is 28.5 Å². The molecule has 2 aromatic rings. The van der Waals surface area contributed by atoms with Crippen LogP contribution in [0.4, 0.5) is 0 Å². The number of fused-ring (bicyclic) bond motifs is 1. The van der Waals surface area contributed by atoms with E-state index in [0.717, 1.165) is 18.5 Å². The number of methoxy groups -OCH3 is 1. The fourth-order valence-corrected chi connectivity index (χ4v) is 3.39. The summed E-state index contributed by atoms with van der Waals surface area (Å²) in [5.74, 6) is -0.450. The van der Waals surface area contributed by atoms with Crippen molar-refractivity contribution in [1.82, 2.24) is 9.47 Å². The summed E-state index contributed by atoms with van der Waals surface area (Å²) in [6.45, 7) is 2.52. The van der Waals surface area contributed by atoms with Crippen LogP contribution in [-0.2, 0) is 22.6 Å². The zero-order chi connectivity index (χ0) is 17.1. The number of hydrogen-bond donors (Lipinski definition) is 0. The first-order valence-corrected chi connectivity index (χ1v) is 8.57. The number of halogens is 1. The minimum absolute atomic E-state index is 0.111. The largest absolute Gasteiger partial charge is 0.468 e. The highest BCUT2D eigenvalue weighted by atomic mass is 35.5. The number of hydrogen-bond acceptors (Lipinski definition) is 4. The number of rotatable bonds is 4. The van der Waals surface area contributed by atoms with Crippen LogP contribution < -0.4 is 5.56 Å². The van der Waals surface area contributed by atoms with Gasteiger partial charge in [-0.1, -0.05) is 24.1 Å². The highest BCUT2D eigenvalue weighted by molar-refractivity contribution is 6.31. The van der Waals surface area contributed by atoms with Gasteiger partial charge in [-0.05, 0) is 49.5 Å². The van der Waals surface area contributed by atoms with E-state index in [1.165, 1.54) is 30.9 Å². The Hall–Kier alpha value is -1.85. The van der Waals surface area contributed by atoms with Gasteiger partial charge < -0.3 is 4.74 Å². The lowest BCUT2D eigenvalue weighted by Gasteiger charge is -2.26. The quantitative estimate of drug-likeness (QED) is 0.797. The van der Waals surface area contributed by atoms with Gasteiger partial charge in [0.15, 0.2) is 0 Å². The number of aromatic nitrogens is 1. The highest BCUT2D eigenvalue weighted by Crippen LogP contribution is 2.20. The zero-order valence-corrected chi connectivity index (χ0v) is 14.5. The lowest BCUT2D eigenvalue weighted by molar-refractivity contribution is -0.141. The van der Waals surface area contributed by atoms with Crippen LogP contribution in [0.15, 0.2) is 29.1 Å². The molecule has 1 saturated heterocycles. The number of piperidine rings is 1. The van der Waals surface area contributed by atoms with Crippen LogP contribution >= 0.6 is 11.6 Å². The molecule has 0 saturated carbocycles. The monoisotopic (exact) mass is 348 g/mol. The van der Waals surface area contributed by atoms with Gasteiger partial charge in [0.05, 0.1) is 12.6 Å². The third-order valence-corrected chi connectivity index (χ3v) is 4.73. The van der Waals surface area contributed by atoms with E-state index in [-0.39, 0.29) is 12.1 Å². The van der Waals surface area contributed by atoms with E-state index >= 15 is 0 Å². The number of carbonyl (C=O) groups excluding carboxylic acids is 1. The summed E-state index contributed by atoms with van der Waals surface area (Å²) < 4.78 is 6.20. The second kappa shape index (κ2) is 7.36. The van der Waals surface area contributed by atoms with Gasteiger partial charge in [0, 0.05) is 17.1 Å². The normalized spacial score (nSPS) is 15.6. The van der Waals surface area contributed by atoms with E-state index in [1.54, 1.807) is 12.1 Å². The second-order valence-corrected chi connectivity index (χ2v) is 6.61. The molecule has 5 nitrogen and oxygen atoms in total. The zero-order valence-electron chi connectivity index (χ0n) is 13.8. The predicted octanol–water partition coefficient (Wildman–Crippen LogP) is 2.81. The van der Waals surface area contributed by atoms with Crippen LogP contribution in [0.3, 0.4) is 0 Å². The molecule has 1 aromatic heterocycles. The van der Waals surface area contributed by atoms with Crippen LogP contribution in [0, 0.1) is 0 Å². The van der Waals surface area contributed by atoms with Gasteiger partial charge in [-0.25, -0.2) is 0 Å². The van der Waals surface area contributed by atoms with Gasteiger partial charge in [-0.2, -0.15) is 0 Å². The maximum atomic E-state index is 12.9. The lowest BCUT2D eigenvalue weighted by atomic mass is 10.1. The van der Waals surface area contributed by atoms with Gasteiger partial charge in [0.2, 0.25) is 0 Å². The first-order chi connectivity index (χ1) is 11.6. The maximum Gasteiger partial charge on any atom is 0.325 e. The Balaban J connectivity index is 2.06. The molecule has 24 heavy (non-hydrogen) atoms. The Labute approximate surface area is 145 Å². The summed E-state index contributed by atoms with van der Waals surface area (Å²) in [5, 5.41) is 1.43. The molecule has 0 unspecified atom stereocenters. The smallest absolute Gasteiger partial charge is 0.325 e. The standard InChI is InChI=1S/C18H21ClN2O3/c1-24-17(22)12-21-16-10-15(19)6-5-13(16)9-14(18(21)23)11-20-7-3-2-4-8-20/h5-6,9-10H,2-4,7-8,11-12H2,1H3. The average Bonchev–Trinajstić information content (AvgIpc) is 2.59. The molecule has 0 aliphatic carbocycles. The fraction of sp³-hybridized carbons (Fsp3) is 0.444. The number of benzene rings is 1. The lowest BCUT2D eigenvalue weighted by Crippen LogP contribution is -2.34. The molecule has 0 spiro atoms. The van der Waals surface area contributed by atoms with Gasteiger partial charge >= 0.3 is 5.97 Å². The first kappa shape index (κ1) is 17.0. The topological polar surface area (TPSA) is 51.5 Å². The Kier molecular flexibility index (Phi) is 5.21. The van der Waals surface area contributed by atoms with Crippen LogP contribution in [-0.4, -0.2) is 35.6 Å². The molecular weight excluding hydrogens is 328 g/mol. The maximum absolute atomic E-state index is 12.9. The van der Waals surface area contributed by atoms with Gasteiger partial charge in [-0.3, -0.25) is 19.1 Å². The summed E-state index contributed by atoms with van der Waals surface area (Å²) in [6.07, 6.45) is 3.58. The van der Waals surface area contributed by atoms with E-state index in [9.17, 15) is 9.59 Å². The third kappa shape index (κ3) is 3.62. The van der Waals surface area contributed by atoms with Crippen LogP contribution in [0.5, 0.6) is 0 Å². The van der Waals surface area contributed by atoms with Crippen LogP contribution in [0.1, 0.15) is 24.8 Å². The Bertz CT molecular complexity index is 810. The molecule has 128 valence electrons. The fourth-order valence-electron chi connectivity index (χ4n) is 3.23. The van der Waals surface area contributed by atoms with Crippen molar-refractivity contribution < 1.29 is 9.53 Å². The number of likely N-dealkylation sites (tertiary alicyclic amines) is 1. The van der Waals surface area contributed by atoms with Crippen molar-refractivity contribution in [2.24, 2.45) is 0 Å². The molecule has 0 amide bonds. The molecular formula is C18H21ClN2O3. The van der Waals surface area contributed by atoms with E-state index in [2.05, 4.69) is 4.90 Å². The Morgan fingerprint density at radius 1 is 1.21 bits per heavy atom. The SMILES string of the molecule is COC(=O)Cn1c(=O)c(CN2CCCCC2)cc2ccc(Cl)cc21. The molecule has 0 bridgehead atoms. The molecule has 0 N–H and O–H groups in total. The molecule has 2 heterocycles. The third-order valence-electron chi connectivity index (χ3n) is 4.49. The van der Waals surface area contributed by atoms with Gasteiger partial charge in [0.1, 0.15) is 6.54 Å². The van der Waals surface area contributed by atoms with Crippen LogP contribution in [0.2, 0.25) is 5.02 Å². The number of carbonyl (C=O) groups is 1. The minimum atomic E-state index is -0.450. The average molecular weight is 349 g/mol. The second-order valence-electron chi connectivity index (χ2n) is 6.18. The summed E-state index contributed by atoms with van der Waals surface area (Å²) in [6, 6.07) is 7.30. The van der Waals surface area contributed by atoms with Crippen molar-refractivity contribution in [3.63, 3.8) is 0 Å². The molecule has 3 rings (SSSR count). The number of pyridine rings is 1. The number of ether oxygens (including phenoxy) is 1. The molecule has 6 heteroatoms. The van der Waals surface area contributed by atoms with E-state index in [0.29, 0.717) is 22.6 Å². The van der Waals surface area contributed by atoms with Crippen molar-refractivity contribution in [2.45, 2.75) is 32.4 Å². The molecule has 0 radical (unpaired) electrons.